The predicted octanol–water partition coefficient (Wildman–Crippen LogP) is 2.84. The topological polar surface area (TPSA) is 50.8 Å². The molecule has 2 saturated heterocycles. The van der Waals surface area contributed by atoms with Crippen molar-refractivity contribution in [2.75, 3.05) is 20.3 Å². The number of halogens is 1. The number of rotatable bonds is 4. The van der Waals surface area contributed by atoms with Crippen LogP contribution in [-0.2, 0) is 4.79 Å². The number of carbonyl (C=O) groups is 1. The first-order valence-electron chi connectivity index (χ1n) is 7.72. The second-order valence-corrected chi connectivity index (χ2v) is 6.48. The molecule has 2 atom stereocenters. The molecule has 2 unspecified atom stereocenters. The summed E-state index contributed by atoms with van der Waals surface area (Å²) in [6, 6.07) is 3.98. The largest absolute Gasteiger partial charge is 0.492 e. The molecule has 1 amide bonds. The van der Waals surface area contributed by atoms with Gasteiger partial charge in [0.25, 0.3) is 0 Å². The van der Waals surface area contributed by atoms with Gasteiger partial charge in [0.1, 0.15) is 6.17 Å². The first-order chi connectivity index (χ1) is 10.7. The Morgan fingerprint density at radius 2 is 2.23 bits per heavy atom. The smallest absolute Gasteiger partial charge is 0.238 e. The summed E-state index contributed by atoms with van der Waals surface area (Å²) in [4.78, 5) is 14.5. The van der Waals surface area contributed by atoms with Crippen LogP contribution in [0, 0.1) is 0 Å². The van der Waals surface area contributed by atoms with E-state index in [-0.39, 0.29) is 18.1 Å². The Morgan fingerprint density at radius 3 is 2.95 bits per heavy atom. The normalized spacial score (nSPS) is 24.8. The van der Waals surface area contributed by atoms with Crippen molar-refractivity contribution < 1.29 is 14.3 Å². The lowest BCUT2D eigenvalue weighted by atomic mass is 10.0. The lowest BCUT2D eigenvalue weighted by Crippen LogP contribution is -2.38. The average Bonchev–Trinajstić information content (AvgIpc) is 2.85. The molecule has 0 aliphatic carbocycles. The van der Waals surface area contributed by atoms with Crippen LogP contribution in [0.2, 0.25) is 0 Å². The number of hydrogen-bond donors (Lipinski definition) is 1. The number of piperidine rings is 1. The number of ether oxygens (including phenoxy) is 2. The summed E-state index contributed by atoms with van der Waals surface area (Å²) in [6.07, 6.45) is 3.12. The molecule has 2 heterocycles. The Bertz CT molecular complexity index is 579. The highest BCUT2D eigenvalue weighted by molar-refractivity contribution is 9.10. The molecule has 6 heteroatoms. The van der Waals surface area contributed by atoms with Gasteiger partial charge < -0.3 is 14.8 Å². The van der Waals surface area contributed by atoms with Crippen molar-refractivity contribution in [1.29, 1.82) is 0 Å². The van der Waals surface area contributed by atoms with Gasteiger partial charge in [0.05, 0.1) is 24.2 Å². The van der Waals surface area contributed by atoms with E-state index < -0.39 is 0 Å². The zero-order chi connectivity index (χ0) is 15.7. The summed E-state index contributed by atoms with van der Waals surface area (Å²) in [5.41, 5.74) is 1.02. The van der Waals surface area contributed by atoms with Gasteiger partial charge in [0, 0.05) is 6.54 Å². The lowest BCUT2D eigenvalue weighted by Gasteiger charge is -2.31. The molecule has 0 aromatic heterocycles. The Morgan fingerprint density at radius 1 is 1.41 bits per heavy atom. The van der Waals surface area contributed by atoms with Crippen molar-refractivity contribution in [3.05, 3.63) is 22.2 Å². The summed E-state index contributed by atoms with van der Waals surface area (Å²) in [5.74, 6) is 1.52. The van der Waals surface area contributed by atoms with Crippen LogP contribution in [0.4, 0.5) is 0 Å². The summed E-state index contributed by atoms with van der Waals surface area (Å²) in [5, 5.41) is 3.12. The highest BCUT2D eigenvalue weighted by Gasteiger charge is 2.41. The molecule has 1 aromatic carbocycles. The third-order valence-corrected chi connectivity index (χ3v) is 4.90. The summed E-state index contributed by atoms with van der Waals surface area (Å²) < 4.78 is 11.9. The molecule has 2 aliphatic rings. The molecule has 0 bridgehead atoms. The summed E-state index contributed by atoms with van der Waals surface area (Å²) in [6.45, 7) is 3.45. The molecule has 0 radical (unpaired) electrons. The molecule has 1 aromatic rings. The monoisotopic (exact) mass is 368 g/mol. The number of amides is 1. The maximum absolute atomic E-state index is 12.2. The van der Waals surface area contributed by atoms with E-state index in [2.05, 4.69) is 26.1 Å². The van der Waals surface area contributed by atoms with E-state index in [9.17, 15) is 4.79 Å². The van der Waals surface area contributed by atoms with Crippen LogP contribution in [0.25, 0.3) is 0 Å². The third-order valence-electron chi connectivity index (χ3n) is 4.31. The quantitative estimate of drug-likeness (QED) is 0.887. The van der Waals surface area contributed by atoms with Gasteiger partial charge in [-0.25, -0.2) is 0 Å². The minimum absolute atomic E-state index is 0.00942. The van der Waals surface area contributed by atoms with E-state index in [0.717, 1.165) is 35.8 Å². The van der Waals surface area contributed by atoms with E-state index in [1.54, 1.807) is 7.11 Å². The number of methoxy groups -OCH3 is 1. The number of carbonyl (C=O) groups excluding carboxylic acids is 1. The van der Waals surface area contributed by atoms with Crippen molar-refractivity contribution in [1.82, 2.24) is 10.2 Å². The highest BCUT2D eigenvalue weighted by atomic mass is 79.9. The Hall–Kier alpha value is -1.27. The minimum Gasteiger partial charge on any atom is -0.492 e. The fourth-order valence-corrected chi connectivity index (χ4v) is 3.96. The predicted molar refractivity (Wildman–Crippen MR) is 87.1 cm³/mol. The molecule has 2 fully saturated rings. The maximum atomic E-state index is 12.2. The maximum Gasteiger partial charge on any atom is 0.238 e. The van der Waals surface area contributed by atoms with Gasteiger partial charge >= 0.3 is 0 Å². The summed E-state index contributed by atoms with van der Waals surface area (Å²) >= 11 is 3.54. The zero-order valence-corrected chi connectivity index (χ0v) is 14.5. The van der Waals surface area contributed by atoms with Crippen LogP contribution < -0.4 is 14.8 Å². The zero-order valence-electron chi connectivity index (χ0n) is 12.9. The van der Waals surface area contributed by atoms with Crippen molar-refractivity contribution in [2.24, 2.45) is 0 Å². The number of nitrogens with zero attached hydrogens (tertiary/aromatic N) is 1. The standard InChI is InChI=1S/C16H21BrN2O3/c1-3-22-13-9-10(8-11(17)14(13)21-2)15-18-16(20)12-6-4-5-7-19(12)15/h8-9,12,15H,3-7H2,1-2H3,(H,18,20). The first-order valence-corrected chi connectivity index (χ1v) is 8.51. The molecule has 120 valence electrons. The SMILES string of the molecule is CCOc1cc(C2NC(=O)C3CCCCN32)cc(Br)c1OC. The van der Waals surface area contributed by atoms with E-state index in [0.29, 0.717) is 18.1 Å². The highest BCUT2D eigenvalue weighted by Crippen LogP contribution is 2.40. The van der Waals surface area contributed by atoms with Crippen LogP contribution in [0.1, 0.15) is 37.9 Å². The average molecular weight is 369 g/mol. The fourth-order valence-electron chi connectivity index (χ4n) is 3.34. The Kier molecular flexibility index (Phi) is 4.59. The van der Waals surface area contributed by atoms with E-state index in [1.165, 1.54) is 0 Å². The molecular weight excluding hydrogens is 348 g/mol. The third kappa shape index (κ3) is 2.70. The second kappa shape index (κ2) is 6.46. The first kappa shape index (κ1) is 15.6. The van der Waals surface area contributed by atoms with Crippen LogP contribution in [0.3, 0.4) is 0 Å². The van der Waals surface area contributed by atoms with Gasteiger partial charge in [-0.1, -0.05) is 6.42 Å². The molecule has 0 saturated carbocycles. The van der Waals surface area contributed by atoms with E-state index >= 15 is 0 Å². The molecular formula is C16H21BrN2O3. The van der Waals surface area contributed by atoms with Gasteiger partial charge in [-0.3, -0.25) is 9.69 Å². The van der Waals surface area contributed by atoms with E-state index in [4.69, 9.17) is 9.47 Å². The van der Waals surface area contributed by atoms with Gasteiger partial charge in [-0.2, -0.15) is 0 Å². The number of hydrogen-bond acceptors (Lipinski definition) is 4. The molecule has 0 spiro atoms. The van der Waals surface area contributed by atoms with Crippen molar-refractivity contribution >= 4 is 21.8 Å². The molecule has 3 rings (SSSR count). The Labute approximate surface area is 139 Å². The number of nitrogens with one attached hydrogen (secondary N) is 1. The fraction of sp³-hybridized carbons (Fsp3) is 0.562. The van der Waals surface area contributed by atoms with Crippen molar-refractivity contribution in [3.8, 4) is 11.5 Å². The summed E-state index contributed by atoms with van der Waals surface area (Å²) in [7, 11) is 1.63. The minimum atomic E-state index is -0.0841. The van der Waals surface area contributed by atoms with Crippen LogP contribution in [-0.4, -0.2) is 37.1 Å². The van der Waals surface area contributed by atoms with E-state index in [1.807, 2.05) is 19.1 Å². The van der Waals surface area contributed by atoms with Crippen LogP contribution >= 0.6 is 15.9 Å². The van der Waals surface area contributed by atoms with Gasteiger partial charge in [0.15, 0.2) is 11.5 Å². The van der Waals surface area contributed by atoms with Gasteiger partial charge in [-0.05, 0) is 53.4 Å². The molecule has 5 nitrogen and oxygen atoms in total. The second-order valence-electron chi connectivity index (χ2n) is 5.63. The molecule has 2 aliphatic heterocycles. The lowest BCUT2D eigenvalue weighted by molar-refractivity contribution is -0.122. The van der Waals surface area contributed by atoms with Crippen LogP contribution in [0.5, 0.6) is 11.5 Å². The Balaban J connectivity index is 1.96. The van der Waals surface area contributed by atoms with Crippen molar-refractivity contribution in [2.45, 2.75) is 38.4 Å². The number of benzene rings is 1. The molecule has 1 N–H and O–H groups in total. The van der Waals surface area contributed by atoms with Crippen molar-refractivity contribution in [3.63, 3.8) is 0 Å². The molecule has 22 heavy (non-hydrogen) atoms. The van der Waals surface area contributed by atoms with Gasteiger partial charge in [0.2, 0.25) is 5.91 Å². The number of fused-ring (bicyclic) bond motifs is 1. The van der Waals surface area contributed by atoms with Gasteiger partial charge in [-0.15, -0.1) is 0 Å². The van der Waals surface area contributed by atoms with Crippen LogP contribution in [0.15, 0.2) is 16.6 Å².